The van der Waals surface area contributed by atoms with E-state index in [1.54, 1.807) is 18.6 Å². The van der Waals surface area contributed by atoms with Gasteiger partial charge in [0.15, 0.2) is 17.3 Å². The predicted octanol–water partition coefficient (Wildman–Crippen LogP) is 1.05. The molecule has 31 heavy (non-hydrogen) atoms. The van der Waals surface area contributed by atoms with Gasteiger partial charge >= 0.3 is 5.95 Å². The number of nitrogens with two attached hydrogens (primary N) is 2. The van der Waals surface area contributed by atoms with E-state index in [-0.39, 0.29) is 11.8 Å². The number of anilines is 3. The molecule has 1 aromatic carbocycles. The third kappa shape index (κ3) is 4.71. The fourth-order valence-electron chi connectivity index (χ4n) is 3.28. The number of hydrogen-bond donors (Lipinski definition) is 3. The summed E-state index contributed by atoms with van der Waals surface area (Å²) in [4.78, 5) is 18.4. The molecule has 4 aromatic rings. The first-order valence-corrected chi connectivity index (χ1v) is 9.93. The minimum atomic E-state index is -0.0908. The van der Waals surface area contributed by atoms with Gasteiger partial charge in [0.2, 0.25) is 0 Å². The van der Waals surface area contributed by atoms with Crippen LogP contribution in [0.2, 0.25) is 0 Å². The number of nitrogens with one attached hydrogen (secondary N) is 1. The van der Waals surface area contributed by atoms with Crippen LogP contribution >= 0.6 is 0 Å². The summed E-state index contributed by atoms with van der Waals surface area (Å²) in [6.07, 6.45) is 7.22. The highest BCUT2D eigenvalue weighted by molar-refractivity contribution is 5.69. The van der Waals surface area contributed by atoms with Crippen LogP contribution in [0.5, 0.6) is 0 Å². The second-order valence-corrected chi connectivity index (χ2v) is 7.05. The van der Waals surface area contributed by atoms with Crippen molar-refractivity contribution in [1.82, 2.24) is 24.6 Å². The fourth-order valence-corrected chi connectivity index (χ4v) is 3.28. The van der Waals surface area contributed by atoms with E-state index < -0.39 is 0 Å². The van der Waals surface area contributed by atoms with Crippen molar-refractivity contribution < 1.29 is 4.73 Å². The molecule has 11 heteroatoms. The summed E-state index contributed by atoms with van der Waals surface area (Å²) in [5.41, 5.74) is 16.9. The lowest BCUT2D eigenvalue weighted by molar-refractivity contribution is -0.576. The lowest BCUT2D eigenvalue weighted by atomic mass is 10.2. The highest BCUT2D eigenvalue weighted by Crippen LogP contribution is 2.19. The molecule has 1 aliphatic rings. The van der Waals surface area contributed by atoms with Crippen LogP contribution in [0, 0.1) is 5.21 Å². The molecule has 0 unspecified atom stereocenters. The van der Waals surface area contributed by atoms with Gasteiger partial charge in [-0.3, -0.25) is 0 Å². The molecule has 1 fully saturated rings. The van der Waals surface area contributed by atoms with Gasteiger partial charge in [0, 0.05) is 13.1 Å². The van der Waals surface area contributed by atoms with Crippen LogP contribution in [0.15, 0.2) is 55.2 Å². The largest absolute Gasteiger partial charge is 0.754 e. The Morgan fingerprint density at radius 1 is 1.10 bits per heavy atom. The zero-order valence-electron chi connectivity index (χ0n) is 16.9. The summed E-state index contributed by atoms with van der Waals surface area (Å²) in [6, 6.07) is 11.7. The SMILES string of the molecule is Nc1cc(N2CCCC2)nc(N)[n+]1[O-].c1ccc(CNn2cnc3cncnc32)cc1. The van der Waals surface area contributed by atoms with Crippen molar-refractivity contribution >= 4 is 28.7 Å². The van der Waals surface area contributed by atoms with Gasteiger partial charge in [-0.2, -0.15) is 0 Å². The third-order valence-corrected chi connectivity index (χ3v) is 4.89. The summed E-state index contributed by atoms with van der Waals surface area (Å²) in [6.45, 7) is 2.64. The zero-order chi connectivity index (χ0) is 21.6. The van der Waals surface area contributed by atoms with Gasteiger partial charge in [0.1, 0.15) is 18.2 Å². The Morgan fingerprint density at radius 3 is 2.61 bits per heavy atom. The number of nitrogen functional groups attached to an aromatic ring is 2. The van der Waals surface area contributed by atoms with E-state index in [0.717, 1.165) is 43.6 Å². The van der Waals surface area contributed by atoms with E-state index in [1.807, 2.05) is 22.9 Å². The average molecular weight is 420 g/mol. The highest BCUT2D eigenvalue weighted by atomic mass is 16.5. The van der Waals surface area contributed by atoms with E-state index in [4.69, 9.17) is 11.5 Å². The Balaban J connectivity index is 0.000000152. The number of imidazole rings is 1. The number of aromatic nitrogens is 6. The highest BCUT2D eigenvalue weighted by Gasteiger charge is 2.18. The predicted molar refractivity (Wildman–Crippen MR) is 118 cm³/mol. The molecule has 0 atom stereocenters. The van der Waals surface area contributed by atoms with Crippen LogP contribution in [0.4, 0.5) is 17.6 Å². The minimum absolute atomic E-state index is 0.0908. The zero-order valence-corrected chi connectivity index (χ0v) is 16.9. The van der Waals surface area contributed by atoms with Crippen LogP contribution in [-0.4, -0.2) is 37.7 Å². The Kier molecular flexibility index (Phi) is 5.92. The quantitative estimate of drug-likeness (QED) is 0.325. The van der Waals surface area contributed by atoms with Gasteiger partial charge in [-0.15, -0.1) is 0 Å². The number of rotatable bonds is 4. The van der Waals surface area contributed by atoms with Gasteiger partial charge < -0.3 is 27.0 Å². The molecule has 3 aromatic heterocycles. The molecule has 160 valence electrons. The molecular weight excluding hydrogens is 396 g/mol. The van der Waals surface area contributed by atoms with E-state index in [0.29, 0.717) is 10.5 Å². The Morgan fingerprint density at radius 2 is 1.87 bits per heavy atom. The van der Waals surface area contributed by atoms with Crippen LogP contribution in [-0.2, 0) is 6.54 Å². The monoisotopic (exact) mass is 420 g/mol. The van der Waals surface area contributed by atoms with Crippen molar-refractivity contribution in [3.63, 3.8) is 0 Å². The van der Waals surface area contributed by atoms with Crippen LogP contribution in [0.25, 0.3) is 11.2 Å². The maximum atomic E-state index is 11.1. The van der Waals surface area contributed by atoms with Crippen molar-refractivity contribution in [3.8, 4) is 0 Å². The normalized spacial score (nSPS) is 13.1. The van der Waals surface area contributed by atoms with Gasteiger partial charge in [0.05, 0.1) is 18.8 Å². The molecule has 1 saturated heterocycles. The standard InChI is InChI=1S/C12H11N5.C8H13N5O/c1-2-4-10(5-3-1)6-16-17-9-15-11-7-13-8-14-12(11)17;9-6-5-7(11-8(10)13(6)14)12-3-1-2-4-12/h1-5,7-9,16H,6H2;5H,1-4,9H2,(H2,10,11). The van der Waals surface area contributed by atoms with Crippen LogP contribution in [0.1, 0.15) is 18.4 Å². The number of nitrogens with zero attached hydrogens (tertiary/aromatic N) is 7. The molecule has 0 radical (unpaired) electrons. The number of benzene rings is 1. The number of hydrogen-bond acceptors (Lipinski definition) is 9. The fraction of sp³-hybridized carbons (Fsp3) is 0.250. The summed E-state index contributed by atoms with van der Waals surface area (Å²) in [5.74, 6) is 0.705. The van der Waals surface area contributed by atoms with Gasteiger partial charge in [0.25, 0.3) is 0 Å². The molecule has 4 heterocycles. The lowest BCUT2D eigenvalue weighted by Crippen LogP contribution is -2.36. The molecule has 0 aliphatic carbocycles. The van der Waals surface area contributed by atoms with Gasteiger partial charge in [-0.05, 0) is 18.4 Å². The first kappa shape index (κ1) is 20.1. The summed E-state index contributed by atoms with van der Waals surface area (Å²) < 4.78 is 2.24. The lowest BCUT2D eigenvalue weighted by Gasteiger charge is -2.16. The topological polar surface area (TPSA) is 151 Å². The molecule has 5 rings (SSSR count). The molecule has 5 N–H and O–H groups in total. The summed E-state index contributed by atoms with van der Waals surface area (Å²) in [7, 11) is 0. The molecule has 0 saturated carbocycles. The van der Waals surface area contributed by atoms with E-state index in [9.17, 15) is 5.21 Å². The first-order valence-electron chi connectivity index (χ1n) is 9.93. The van der Waals surface area contributed by atoms with Gasteiger partial charge in [-0.1, -0.05) is 35.3 Å². The molecule has 0 bridgehead atoms. The van der Waals surface area contributed by atoms with Crippen molar-refractivity contribution in [1.29, 1.82) is 0 Å². The second kappa shape index (κ2) is 9.11. The Hall–Kier alpha value is -4.15. The van der Waals surface area contributed by atoms with E-state index in [2.05, 4.69) is 42.4 Å². The smallest absolute Gasteiger partial charge is 0.346 e. The summed E-state index contributed by atoms with van der Waals surface area (Å²) >= 11 is 0. The van der Waals surface area contributed by atoms with Crippen molar-refractivity contribution in [2.75, 3.05) is 34.9 Å². The van der Waals surface area contributed by atoms with Crippen molar-refractivity contribution in [2.45, 2.75) is 19.4 Å². The molecule has 11 nitrogen and oxygen atoms in total. The first-order chi connectivity index (χ1) is 15.1. The molecular formula is C20H24N10O. The van der Waals surface area contributed by atoms with Crippen molar-refractivity contribution in [3.05, 3.63) is 66.0 Å². The molecule has 0 amide bonds. The van der Waals surface area contributed by atoms with Crippen LogP contribution < -0.4 is 26.5 Å². The average Bonchev–Trinajstić information content (AvgIpc) is 3.47. The van der Waals surface area contributed by atoms with E-state index in [1.165, 1.54) is 11.9 Å². The Labute approximate surface area is 178 Å². The van der Waals surface area contributed by atoms with Gasteiger partial charge in [-0.25, -0.2) is 24.4 Å². The maximum absolute atomic E-state index is 11.1. The maximum Gasteiger partial charge on any atom is 0.346 e. The van der Waals surface area contributed by atoms with Crippen LogP contribution in [0.3, 0.4) is 0 Å². The van der Waals surface area contributed by atoms with Crippen molar-refractivity contribution in [2.24, 2.45) is 0 Å². The minimum Gasteiger partial charge on any atom is -0.754 e. The number of fused-ring (bicyclic) bond motifs is 1. The summed E-state index contributed by atoms with van der Waals surface area (Å²) in [5, 5.41) is 11.1. The molecule has 0 spiro atoms. The Bertz CT molecular complexity index is 1120. The second-order valence-electron chi connectivity index (χ2n) is 7.05. The van der Waals surface area contributed by atoms with E-state index >= 15 is 0 Å². The third-order valence-electron chi connectivity index (χ3n) is 4.89. The molecule has 1 aliphatic heterocycles.